The minimum atomic E-state index is -3.86. The molecule has 8 aromatic rings. The molecule has 0 bridgehead atoms. The molecule has 0 atom stereocenters. The highest BCUT2D eigenvalue weighted by molar-refractivity contribution is 9.10. The number of alkyl carbamates (subject to hydrolysis) is 2. The maximum Gasteiger partial charge on any atom is 0.492 e. The van der Waals surface area contributed by atoms with Crippen LogP contribution in [0, 0.1) is 0 Å². The first kappa shape index (κ1) is 65.9. The number of hydrogen-bond donors (Lipinski definition) is 6. The van der Waals surface area contributed by atoms with E-state index in [9.17, 15) is 26.4 Å². The van der Waals surface area contributed by atoms with Crippen LogP contribution < -0.4 is 25.5 Å². The first-order valence-electron chi connectivity index (χ1n) is 28.6. The van der Waals surface area contributed by atoms with Gasteiger partial charge in [-0.3, -0.25) is 0 Å². The minimum absolute atomic E-state index is 0.0876. The number of thiazole rings is 2. The van der Waals surface area contributed by atoms with Crippen LogP contribution in [0.5, 0.6) is 0 Å². The fourth-order valence-electron chi connectivity index (χ4n) is 10.3. The fraction of sp³-hybridized carbons (Fsp3) is 0.433. The molecule has 6 heterocycles. The number of ether oxygens (including phenoxy) is 2. The molecule has 6 aromatic heterocycles. The maximum absolute atomic E-state index is 13.7. The molecule has 2 aliphatic carbocycles. The van der Waals surface area contributed by atoms with E-state index < -0.39 is 38.2 Å². The molecule has 26 heteroatoms. The Morgan fingerprint density at radius 3 is 1.51 bits per heavy atom. The summed E-state index contributed by atoms with van der Waals surface area (Å²) in [6.07, 6.45) is 16.4. The third-order valence-corrected chi connectivity index (χ3v) is 20.4. The van der Waals surface area contributed by atoms with Crippen molar-refractivity contribution in [3.63, 3.8) is 0 Å². The predicted molar refractivity (Wildman–Crippen MR) is 342 cm³/mol. The van der Waals surface area contributed by atoms with Gasteiger partial charge in [-0.25, -0.2) is 54.9 Å². The van der Waals surface area contributed by atoms with Crippen LogP contribution in [-0.4, -0.2) is 111 Å². The first-order valence-corrected chi connectivity index (χ1v) is 34.0. The SMILES string of the molecule is CC(C)OC(=O)NC1CCC(c2ncc(-c3ccc(-c4cnn5ccccc45)cc3S(=O)(=O)NC(C)(C)C)s2)CC1.CC(C)OC(=O)NC1CCC(c2ncc(-c3ccc(Br)cc3S(=O)(=O)NC(C)(C)C)s2)CC1.OB(O)c1cnn2ccccc12. The Balaban J connectivity index is 0.000000190. The van der Waals surface area contributed by atoms with Gasteiger partial charge < -0.3 is 30.2 Å². The Labute approximate surface area is 520 Å². The molecule has 20 nitrogen and oxygen atoms in total. The molecule has 6 N–H and O–H groups in total. The zero-order chi connectivity index (χ0) is 62.3. The summed E-state index contributed by atoms with van der Waals surface area (Å²) in [7, 11) is -9.03. The normalized spacial score (nSPS) is 17.6. The van der Waals surface area contributed by atoms with Gasteiger partial charge in [0.25, 0.3) is 0 Å². The van der Waals surface area contributed by atoms with E-state index in [2.05, 4.69) is 51.2 Å². The predicted octanol–water partition coefficient (Wildman–Crippen LogP) is 11.2. The van der Waals surface area contributed by atoms with E-state index in [4.69, 9.17) is 24.5 Å². The van der Waals surface area contributed by atoms with Gasteiger partial charge in [-0.05, 0) is 169 Å². The van der Waals surface area contributed by atoms with Gasteiger partial charge in [-0.15, -0.1) is 22.7 Å². The summed E-state index contributed by atoms with van der Waals surface area (Å²) in [5.41, 5.74) is 3.70. The molecular weight excluding hydrogens is 1240 g/mol. The van der Waals surface area contributed by atoms with E-state index in [0.29, 0.717) is 32.5 Å². The van der Waals surface area contributed by atoms with Crippen LogP contribution in [-0.2, 0) is 29.5 Å². The number of hydrogen-bond acceptors (Lipinski definition) is 16. The second kappa shape index (κ2) is 27.9. The largest absolute Gasteiger partial charge is 0.492 e. The number of aromatic nitrogens is 6. The molecule has 2 aliphatic rings. The molecule has 2 aromatic carbocycles. The molecule has 86 heavy (non-hydrogen) atoms. The summed E-state index contributed by atoms with van der Waals surface area (Å²) >= 11 is 6.48. The molecule has 10 rings (SSSR count). The number of fused-ring (bicyclic) bond motifs is 2. The summed E-state index contributed by atoms with van der Waals surface area (Å²) in [6, 6.07) is 22.3. The lowest BCUT2D eigenvalue weighted by Crippen LogP contribution is -2.40. The van der Waals surface area contributed by atoms with Gasteiger partial charge in [0.15, 0.2) is 0 Å². The number of amides is 2. The van der Waals surface area contributed by atoms with Crippen molar-refractivity contribution in [3.05, 3.63) is 124 Å². The molecule has 0 saturated heterocycles. The van der Waals surface area contributed by atoms with Gasteiger partial charge in [-0.2, -0.15) is 10.2 Å². The number of pyridine rings is 2. The van der Waals surface area contributed by atoms with E-state index in [1.54, 1.807) is 52.0 Å². The molecule has 2 amide bonds. The monoisotopic (exact) mass is 1310 g/mol. The third kappa shape index (κ3) is 17.6. The highest BCUT2D eigenvalue weighted by atomic mass is 79.9. The van der Waals surface area contributed by atoms with Crippen molar-refractivity contribution in [2.75, 3.05) is 0 Å². The molecule has 0 unspecified atom stereocenters. The van der Waals surface area contributed by atoms with Crippen molar-refractivity contribution in [2.24, 2.45) is 0 Å². The Hall–Kier alpha value is -6.10. The van der Waals surface area contributed by atoms with Crippen molar-refractivity contribution >= 4 is 94.5 Å². The van der Waals surface area contributed by atoms with Crippen molar-refractivity contribution in [1.29, 1.82) is 0 Å². The van der Waals surface area contributed by atoms with Crippen LogP contribution >= 0.6 is 38.6 Å². The van der Waals surface area contributed by atoms with Crippen LogP contribution in [0.3, 0.4) is 0 Å². The van der Waals surface area contributed by atoms with Crippen molar-refractivity contribution in [2.45, 2.75) is 178 Å². The fourth-order valence-corrected chi connectivity index (χ4v) is 16.5. The lowest BCUT2D eigenvalue weighted by molar-refractivity contribution is 0.108. The smallest absolute Gasteiger partial charge is 0.447 e. The van der Waals surface area contributed by atoms with Crippen LogP contribution in [0.15, 0.2) is 124 Å². The van der Waals surface area contributed by atoms with Crippen LogP contribution in [0.1, 0.15) is 142 Å². The van der Waals surface area contributed by atoms with Crippen molar-refractivity contribution in [1.82, 2.24) is 49.3 Å². The number of benzene rings is 2. The summed E-state index contributed by atoms with van der Waals surface area (Å²) in [5.74, 6) is 0.560. The number of carbonyl (C=O) groups is 2. The Morgan fingerprint density at radius 1 is 0.605 bits per heavy atom. The lowest BCUT2D eigenvalue weighted by Gasteiger charge is -2.28. The van der Waals surface area contributed by atoms with Gasteiger partial charge in [0.1, 0.15) is 0 Å². The quantitative estimate of drug-likeness (QED) is 0.0553. The summed E-state index contributed by atoms with van der Waals surface area (Å²) in [4.78, 5) is 35.3. The Kier molecular flexibility index (Phi) is 21.4. The first-order chi connectivity index (χ1) is 40.5. The Bertz CT molecular complexity index is 3860. The van der Waals surface area contributed by atoms with E-state index >= 15 is 0 Å². The lowest BCUT2D eigenvalue weighted by atomic mass is 9.81. The number of halogens is 1. The van der Waals surface area contributed by atoms with Crippen LogP contribution in [0.2, 0.25) is 0 Å². The summed E-state index contributed by atoms with van der Waals surface area (Å²) in [5, 5.41) is 34.1. The molecule has 0 radical (unpaired) electrons. The number of rotatable bonds is 14. The second-order valence-corrected chi connectivity index (χ2v) is 30.4. The zero-order valence-corrected chi connectivity index (χ0v) is 54.8. The van der Waals surface area contributed by atoms with Crippen molar-refractivity contribution in [3.8, 4) is 32.0 Å². The van der Waals surface area contributed by atoms with E-state index in [-0.39, 0.29) is 52.2 Å². The molecule has 2 saturated carbocycles. The van der Waals surface area contributed by atoms with Gasteiger partial charge in [0, 0.05) is 92.6 Å². The number of sulfonamides is 2. The number of nitrogens with zero attached hydrogens (tertiary/aromatic N) is 6. The molecule has 460 valence electrons. The third-order valence-electron chi connectivity index (χ3n) is 13.9. The second-order valence-electron chi connectivity index (χ2n) is 24.1. The summed E-state index contributed by atoms with van der Waals surface area (Å²) in [6.45, 7) is 18.3. The average Bonchev–Trinajstić information content (AvgIpc) is 1.68. The van der Waals surface area contributed by atoms with E-state index in [0.717, 1.165) is 87.8 Å². The van der Waals surface area contributed by atoms with Crippen LogP contribution in [0.25, 0.3) is 43.0 Å². The van der Waals surface area contributed by atoms with Gasteiger partial charge in [0.05, 0.1) is 59.0 Å². The topological polar surface area (TPSA) is 270 Å². The number of carbonyl (C=O) groups excluding carboxylic acids is 2. The van der Waals surface area contributed by atoms with E-state index in [1.807, 2.05) is 130 Å². The Morgan fingerprint density at radius 2 is 1.05 bits per heavy atom. The standard InChI is InChI=1S/C30H37N5O4S2.C23H32BrN3O4S2.C7H7BN2O2/c1-19(2)39-29(36)33-22-12-9-20(10-13-22)28-31-18-26(40-28)23-14-11-21(16-27(23)41(37,38)34-30(3,4)5)24-17-32-35-15-7-6-8-25(24)35;1-14(2)31-22(28)26-17-9-6-15(7-10-17)21-25-13-19(32-21)18-11-8-16(24)12-20(18)33(29,30)27-23(3,4)5;11-8(12)6-5-9-10-4-2-1-3-7(6)10/h6-8,11,14-20,22,34H,9-10,12-13H2,1-5H3,(H,33,36);8,11-15,17,27H,6-7,9-10H2,1-5H3,(H,26,28);1-5,11-12H. The van der Waals surface area contributed by atoms with Crippen molar-refractivity contribution < 1.29 is 45.9 Å². The highest BCUT2D eigenvalue weighted by Gasteiger charge is 2.32. The highest BCUT2D eigenvalue weighted by Crippen LogP contribution is 2.42. The zero-order valence-electron chi connectivity index (χ0n) is 49.9. The molecule has 2 fully saturated rings. The maximum atomic E-state index is 13.7. The van der Waals surface area contributed by atoms with Gasteiger partial charge in [0.2, 0.25) is 20.0 Å². The molecule has 0 aliphatic heterocycles. The molecule has 0 spiro atoms. The van der Waals surface area contributed by atoms with E-state index in [1.165, 1.54) is 28.9 Å². The number of nitrogens with one attached hydrogen (secondary N) is 4. The summed E-state index contributed by atoms with van der Waals surface area (Å²) < 4.78 is 73.7. The van der Waals surface area contributed by atoms with Gasteiger partial charge in [-0.1, -0.05) is 46.3 Å². The molecular formula is C60H76BBrN10O10S4. The van der Waals surface area contributed by atoms with Crippen LogP contribution in [0.4, 0.5) is 9.59 Å². The average molecular weight is 1320 g/mol. The minimum Gasteiger partial charge on any atom is -0.447 e. The van der Waals surface area contributed by atoms with Gasteiger partial charge >= 0.3 is 19.3 Å².